The van der Waals surface area contributed by atoms with Crippen LogP contribution in [-0.4, -0.2) is 27.0 Å². The van der Waals surface area contributed by atoms with Gasteiger partial charge in [0.15, 0.2) is 4.34 Å². The number of halogens is 2. The van der Waals surface area contributed by atoms with Crippen molar-refractivity contribution in [2.75, 3.05) is 4.90 Å². The molecule has 0 radical (unpaired) electrons. The molecule has 3 aromatic carbocycles. The minimum Gasteiger partial charge on any atom is -0.507 e. The summed E-state index contributed by atoms with van der Waals surface area (Å²) in [6, 6.07) is 20.8. The third-order valence-corrected chi connectivity index (χ3v) is 8.86. The highest BCUT2D eigenvalue weighted by atomic mass is 35.5. The zero-order valence-electron chi connectivity index (χ0n) is 20.1. The quantitative estimate of drug-likeness (QED) is 0.0808. The number of aromatic nitrogens is 2. The zero-order valence-corrected chi connectivity index (χ0v) is 23.2. The van der Waals surface area contributed by atoms with E-state index in [-0.39, 0.29) is 16.5 Å². The molecule has 1 fully saturated rings. The van der Waals surface area contributed by atoms with E-state index in [1.54, 1.807) is 36.4 Å². The summed E-state index contributed by atoms with van der Waals surface area (Å²) < 4.78 is 0.607. The van der Waals surface area contributed by atoms with E-state index in [0.29, 0.717) is 31.3 Å². The summed E-state index contributed by atoms with van der Waals surface area (Å²) in [5.74, 6) is -1.24. The van der Waals surface area contributed by atoms with E-state index < -0.39 is 17.7 Å². The first kappa shape index (κ1) is 26.4. The second kappa shape index (κ2) is 11.3. The summed E-state index contributed by atoms with van der Waals surface area (Å²) in [5.41, 5.74) is 3.16. The number of thioether (sulfide) groups is 1. The normalized spacial score (nSPS) is 16.8. The molecular formula is C28H21Cl2N3O3S2. The van der Waals surface area contributed by atoms with E-state index in [4.69, 9.17) is 23.2 Å². The molecule has 1 unspecified atom stereocenters. The molecule has 1 aliphatic heterocycles. The molecule has 1 N–H and O–H groups in total. The molecule has 1 saturated heterocycles. The first-order valence-electron chi connectivity index (χ1n) is 11.7. The van der Waals surface area contributed by atoms with E-state index in [1.807, 2.05) is 43.3 Å². The summed E-state index contributed by atoms with van der Waals surface area (Å²) in [5, 5.41) is 21.1. The zero-order chi connectivity index (χ0) is 26.8. The lowest BCUT2D eigenvalue weighted by Crippen LogP contribution is -2.29. The van der Waals surface area contributed by atoms with Crippen LogP contribution < -0.4 is 4.90 Å². The lowest BCUT2D eigenvalue weighted by molar-refractivity contribution is -0.132. The summed E-state index contributed by atoms with van der Waals surface area (Å²) in [6.07, 6.45) is 0.846. The number of aliphatic hydroxyl groups excluding tert-OH is 1. The molecule has 1 aromatic heterocycles. The molecule has 10 heteroatoms. The van der Waals surface area contributed by atoms with Crippen LogP contribution in [0.3, 0.4) is 0 Å². The summed E-state index contributed by atoms with van der Waals surface area (Å²) in [6.45, 7) is 2.05. The Morgan fingerprint density at radius 3 is 2.45 bits per heavy atom. The summed E-state index contributed by atoms with van der Waals surface area (Å²) in [7, 11) is 0. The Labute approximate surface area is 237 Å². The molecule has 0 spiro atoms. The van der Waals surface area contributed by atoms with Crippen LogP contribution in [-0.2, 0) is 21.8 Å². The smallest absolute Gasteiger partial charge is 0.301 e. The number of benzene rings is 3. The Balaban J connectivity index is 1.52. The average Bonchev–Trinajstić information content (AvgIpc) is 3.50. The molecule has 1 aliphatic rings. The van der Waals surface area contributed by atoms with Crippen LogP contribution in [0.1, 0.15) is 35.2 Å². The molecule has 192 valence electrons. The highest BCUT2D eigenvalue weighted by Crippen LogP contribution is 2.44. The topological polar surface area (TPSA) is 83.4 Å². The van der Waals surface area contributed by atoms with Gasteiger partial charge in [-0.15, -0.1) is 10.2 Å². The number of anilines is 1. The number of hydrogen-bond acceptors (Lipinski definition) is 7. The highest BCUT2D eigenvalue weighted by Gasteiger charge is 2.48. The van der Waals surface area contributed by atoms with Gasteiger partial charge in [-0.2, -0.15) is 0 Å². The van der Waals surface area contributed by atoms with Crippen molar-refractivity contribution in [2.24, 2.45) is 0 Å². The van der Waals surface area contributed by atoms with Crippen LogP contribution >= 0.6 is 46.3 Å². The largest absolute Gasteiger partial charge is 0.507 e. The van der Waals surface area contributed by atoms with Crippen LogP contribution in [0, 0.1) is 0 Å². The number of aryl methyl sites for hydroxylation is 1. The van der Waals surface area contributed by atoms with E-state index >= 15 is 0 Å². The van der Waals surface area contributed by atoms with E-state index in [1.165, 1.54) is 28.0 Å². The van der Waals surface area contributed by atoms with Crippen LogP contribution in [0.25, 0.3) is 5.76 Å². The van der Waals surface area contributed by atoms with Crippen LogP contribution in [0.5, 0.6) is 0 Å². The van der Waals surface area contributed by atoms with Gasteiger partial charge in [0, 0.05) is 21.4 Å². The fourth-order valence-electron chi connectivity index (χ4n) is 4.17. The van der Waals surface area contributed by atoms with E-state index in [9.17, 15) is 14.7 Å². The second-order valence-corrected chi connectivity index (χ2v) is 11.5. The fraction of sp³-hybridized carbons (Fsp3) is 0.143. The van der Waals surface area contributed by atoms with Gasteiger partial charge in [-0.1, -0.05) is 114 Å². The Kier molecular flexibility index (Phi) is 7.85. The van der Waals surface area contributed by atoms with Crippen LogP contribution in [0.4, 0.5) is 5.13 Å². The van der Waals surface area contributed by atoms with E-state index in [2.05, 4.69) is 10.2 Å². The van der Waals surface area contributed by atoms with Crippen LogP contribution in [0.2, 0.25) is 10.0 Å². The number of amides is 1. The molecule has 4 aromatic rings. The van der Waals surface area contributed by atoms with Gasteiger partial charge in [0.25, 0.3) is 5.78 Å². The molecule has 0 aliphatic carbocycles. The van der Waals surface area contributed by atoms with E-state index in [0.717, 1.165) is 17.5 Å². The maximum absolute atomic E-state index is 13.4. The third-order valence-electron chi connectivity index (χ3n) is 6.16. The number of ketones is 1. The van der Waals surface area contributed by atoms with Gasteiger partial charge in [-0.3, -0.25) is 14.5 Å². The number of Topliss-reactive ketones (excluding diaryl/α,β-unsaturated/α-hetero) is 1. The monoisotopic (exact) mass is 581 g/mol. The Bertz CT molecular complexity index is 1540. The van der Waals surface area contributed by atoms with Gasteiger partial charge >= 0.3 is 5.91 Å². The predicted octanol–water partition coefficient (Wildman–Crippen LogP) is 7.33. The van der Waals surface area contributed by atoms with Gasteiger partial charge in [-0.25, -0.2) is 0 Å². The molecule has 1 amide bonds. The lowest BCUT2D eigenvalue weighted by Gasteiger charge is -2.22. The summed E-state index contributed by atoms with van der Waals surface area (Å²) >= 11 is 14.9. The summed E-state index contributed by atoms with van der Waals surface area (Å²) in [4.78, 5) is 28.0. The number of hydrogen-bond donors (Lipinski definition) is 1. The van der Waals surface area contributed by atoms with Gasteiger partial charge < -0.3 is 5.11 Å². The van der Waals surface area contributed by atoms with Crippen molar-refractivity contribution in [1.29, 1.82) is 0 Å². The van der Waals surface area contributed by atoms with Crippen molar-refractivity contribution in [3.05, 3.63) is 111 Å². The molecule has 0 bridgehead atoms. The first-order chi connectivity index (χ1) is 18.4. The maximum Gasteiger partial charge on any atom is 0.301 e. The Hall–Kier alpha value is -3.17. The van der Waals surface area contributed by atoms with Gasteiger partial charge in [0.2, 0.25) is 5.13 Å². The molecule has 6 nitrogen and oxygen atoms in total. The minimum atomic E-state index is -0.849. The third kappa shape index (κ3) is 5.22. The van der Waals surface area contributed by atoms with Gasteiger partial charge in [0.05, 0.1) is 11.6 Å². The molecule has 38 heavy (non-hydrogen) atoms. The number of carbonyl (C=O) groups excluding carboxylic acids is 2. The molecule has 2 heterocycles. The number of aliphatic hydroxyl groups is 1. The van der Waals surface area contributed by atoms with Crippen molar-refractivity contribution in [3.8, 4) is 0 Å². The Morgan fingerprint density at radius 1 is 1.03 bits per heavy atom. The van der Waals surface area contributed by atoms with Crippen molar-refractivity contribution in [1.82, 2.24) is 10.2 Å². The van der Waals surface area contributed by atoms with Crippen molar-refractivity contribution < 1.29 is 14.7 Å². The predicted molar refractivity (Wildman–Crippen MR) is 153 cm³/mol. The molecule has 1 atom stereocenters. The SMILES string of the molecule is CCc1ccc(C2/C(=C(/O)c3ccccc3)C(=O)C(=O)N2c2nnc(SCc3ccc(Cl)cc3Cl)s2)cc1. The van der Waals surface area contributed by atoms with Gasteiger partial charge in [0.1, 0.15) is 5.76 Å². The lowest BCUT2D eigenvalue weighted by atomic mass is 9.94. The number of nitrogens with zero attached hydrogens (tertiary/aromatic N) is 3. The fourth-order valence-corrected chi connectivity index (χ4v) is 6.59. The minimum absolute atomic E-state index is 0.0165. The van der Waals surface area contributed by atoms with Crippen molar-refractivity contribution in [2.45, 2.75) is 29.5 Å². The van der Waals surface area contributed by atoms with Crippen LogP contribution in [0.15, 0.2) is 82.7 Å². The Morgan fingerprint density at radius 2 is 1.76 bits per heavy atom. The van der Waals surface area contributed by atoms with Crippen molar-refractivity contribution >= 4 is 68.9 Å². The number of carbonyl (C=O) groups is 2. The molecular weight excluding hydrogens is 561 g/mol. The average molecular weight is 583 g/mol. The molecule has 5 rings (SSSR count). The van der Waals surface area contributed by atoms with Gasteiger partial charge in [-0.05, 0) is 35.2 Å². The number of rotatable bonds is 7. The maximum atomic E-state index is 13.4. The second-order valence-electron chi connectivity index (χ2n) is 8.51. The highest BCUT2D eigenvalue weighted by molar-refractivity contribution is 8.00. The van der Waals surface area contributed by atoms with Crippen molar-refractivity contribution in [3.63, 3.8) is 0 Å². The first-order valence-corrected chi connectivity index (χ1v) is 14.3. The molecule has 0 saturated carbocycles. The standard InChI is InChI=1S/C28H21Cl2N3O3S2/c1-2-16-8-10-17(11-9-16)23-22(24(34)18-6-4-3-5-7-18)25(35)26(36)33(23)27-31-32-28(38-27)37-15-19-12-13-20(29)14-21(19)30/h3-14,23,34H,2,15H2,1H3/b24-22-.